The van der Waals surface area contributed by atoms with E-state index in [1.54, 1.807) is 0 Å². The lowest BCUT2D eigenvalue weighted by Gasteiger charge is -2.21. The first kappa shape index (κ1) is 103. The van der Waals surface area contributed by atoms with Crippen molar-refractivity contribution in [2.75, 3.05) is 39.6 Å². The number of carbonyl (C=O) groups excluding carboxylic acids is 4. The number of esters is 4. The summed E-state index contributed by atoms with van der Waals surface area (Å²) in [5.74, 6) is -1.25. The number of ether oxygens (including phenoxy) is 4. The summed E-state index contributed by atoms with van der Waals surface area (Å²) in [7, 11) is -9.93. The molecule has 0 radical (unpaired) electrons. The number of aliphatic hydroxyl groups is 1. The van der Waals surface area contributed by atoms with Gasteiger partial charge in [0.25, 0.3) is 0 Å². The maximum Gasteiger partial charge on any atom is 0.472 e. The van der Waals surface area contributed by atoms with Crippen LogP contribution in [0.1, 0.15) is 465 Å². The normalized spacial score (nSPS) is 14.0. The van der Waals surface area contributed by atoms with Gasteiger partial charge in [-0.2, -0.15) is 0 Å². The highest BCUT2D eigenvalue weighted by molar-refractivity contribution is 7.47. The molecule has 0 aromatic rings. The zero-order chi connectivity index (χ0) is 76.9. The topological polar surface area (TPSA) is 237 Å². The molecule has 0 aliphatic rings. The highest BCUT2D eigenvalue weighted by Gasteiger charge is 2.30. The minimum absolute atomic E-state index is 0.109. The molecule has 3 unspecified atom stereocenters. The molecule has 0 saturated heterocycles. The highest BCUT2D eigenvalue weighted by Crippen LogP contribution is 2.45. The summed E-state index contributed by atoms with van der Waals surface area (Å²) < 4.78 is 68.9. The van der Waals surface area contributed by atoms with Gasteiger partial charge >= 0.3 is 39.5 Å². The van der Waals surface area contributed by atoms with Gasteiger partial charge < -0.3 is 33.8 Å². The second kappa shape index (κ2) is 78.7. The van der Waals surface area contributed by atoms with Gasteiger partial charge in [-0.05, 0) is 31.6 Å². The van der Waals surface area contributed by atoms with E-state index in [0.29, 0.717) is 25.7 Å². The Kier molecular flexibility index (Phi) is 77.3. The van der Waals surface area contributed by atoms with Gasteiger partial charge in [0.05, 0.1) is 26.4 Å². The fourth-order valence-electron chi connectivity index (χ4n) is 13.4. The van der Waals surface area contributed by atoms with Crippen molar-refractivity contribution >= 4 is 39.5 Å². The molecular formula is C86H168O17P2. The molecule has 624 valence electrons. The van der Waals surface area contributed by atoms with Gasteiger partial charge in [0.15, 0.2) is 12.2 Å². The average molecular weight is 1540 g/mol. The number of phosphoric ester groups is 2. The van der Waals surface area contributed by atoms with Gasteiger partial charge in [0, 0.05) is 25.7 Å². The van der Waals surface area contributed by atoms with E-state index < -0.39 is 97.5 Å². The molecular weight excluding hydrogens is 1370 g/mol. The fourth-order valence-corrected chi connectivity index (χ4v) is 15.0. The van der Waals surface area contributed by atoms with Crippen molar-refractivity contribution in [1.82, 2.24) is 0 Å². The van der Waals surface area contributed by atoms with Gasteiger partial charge in [-0.1, -0.05) is 413 Å². The lowest BCUT2D eigenvalue weighted by Crippen LogP contribution is -2.30. The molecule has 0 aliphatic carbocycles. The Labute approximate surface area is 645 Å². The van der Waals surface area contributed by atoms with E-state index in [9.17, 15) is 43.2 Å². The Morgan fingerprint density at radius 1 is 0.267 bits per heavy atom. The zero-order valence-corrected chi connectivity index (χ0v) is 70.7. The second-order valence-electron chi connectivity index (χ2n) is 31.2. The zero-order valence-electron chi connectivity index (χ0n) is 68.9. The van der Waals surface area contributed by atoms with Crippen LogP contribution in [-0.4, -0.2) is 96.7 Å². The van der Waals surface area contributed by atoms with Crippen LogP contribution in [0.25, 0.3) is 0 Å². The number of carbonyl (C=O) groups is 4. The summed E-state index contributed by atoms with van der Waals surface area (Å²) in [5.41, 5.74) is 0. The third kappa shape index (κ3) is 78.5. The molecule has 0 aliphatic heterocycles. The van der Waals surface area contributed by atoms with Crippen LogP contribution in [-0.2, 0) is 65.4 Å². The molecule has 0 amide bonds. The van der Waals surface area contributed by atoms with E-state index in [0.717, 1.165) is 95.8 Å². The molecule has 105 heavy (non-hydrogen) atoms. The smallest absolute Gasteiger partial charge is 0.462 e. The van der Waals surface area contributed by atoms with Crippen LogP contribution < -0.4 is 0 Å². The minimum atomic E-state index is -4.97. The molecule has 0 spiro atoms. The first-order valence-corrected chi connectivity index (χ1v) is 47.7. The molecule has 0 heterocycles. The fraction of sp³-hybridized carbons (Fsp3) is 0.953. The van der Waals surface area contributed by atoms with Gasteiger partial charge in [-0.3, -0.25) is 37.3 Å². The van der Waals surface area contributed by atoms with E-state index in [2.05, 4.69) is 34.6 Å². The lowest BCUT2D eigenvalue weighted by atomic mass is 9.99. The number of aliphatic hydroxyl groups excluding tert-OH is 1. The maximum atomic E-state index is 13.2. The molecule has 0 rings (SSSR count). The van der Waals surface area contributed by atoms with E-state index in [1.807, 2.05) is 0 Å². The van der Waals surface area contributed by atoms with Crippen LogP contribution in [0.15, 0.2) is 0 Å². The van der Waals surface area contributed by atoms with E-state index in [4.69, 9.17) is 37.0 Å². The standard InChI is InChI=1S/C86H168O17P2/c1-6-10-13-16-19-22-25-28-30-31-32-33-34-35-36-42-47-52-57-62-67-72-86(91)103-82(76-97-84(89)70-65-60-55-50-45-41-38-37-39-43-48-53-58-63-68-79(5)9-4)78-101-105(94,95)99-74-80(87)73-98-104(92,93)100-77-81(75-96-83(88)69-64-59-54-49-44-27-24-21-18-15-12-8-3)102-85(90)71-66-61-56-51-46-40-29-26-23-20-17-14-11-7-2/h79-82,87H,6-78H2,1-5H3,(H,92,93)(H,94,95)/t79?,80-,81+,82+/m0/s1. The summed E-state index contributed by atoms with van der Waals surface area (Å²) in [6.45, 7) is 7.42. The second-order valence-corrected chi connectivity index (χ2v) is 34.1. The van der Waals surface area contributed by atoms with Gasteiger partial charge in [-0.15, -0.1) is 0 Å². The van der Waals surface area contributed by atoms with Crippen LogP contribution in [0.2, 0.25) is 0 Å². The summed E-state index contributed by atoms with van der Waals surface area (Å²) in [6.07, 6.45) is 72.0. The Morgan fingerprint density at radius 2 is 0.457 bits per heavy atom. The Hall–Kier alpha value is -1.94. The number of unbranched alkanes of at least 4 members (excludes halogenated alkanes) is 57. The third-order valence-electron chi connectivity index (χ3n) is 20.6. The summed E-state index contributed by atoms with van der Waals surface area (Å²) >= 11 is 0. The van der Waals surface area contributed by atoms with Crippen molar-refractivity contribution < 1.29 is 80.2 Å². The van der Waals surface area contributed by atoms with Crippen molar-refractivity contribution in [3.63, 3.8) is 0 Å². The molecule has 0 fully saturated rings. The van der Waals surface area contributed by atoms with Crippen LogP contribution in [0, 0.1) is 5.92 Å². The van der Waals surface area contributed by atoms with Crippen molar-refractivity contribution in [2.24, 2.45) is 5.92 Å². The largest absolute Gasteiger partial charge is 0.472 e. The van der Waals surface area contributed by atoms with Gasteiger partial charge in [0.1, 0.15) is 19.3 Å². The van der Waals surface area contributed by atoms with E-state index in [1.165, 1.54) is 289 Å². The predicted molar refractivity (Wildman–Crippen MR) is 432 cm³/mol. The van der Waals surface area contributed by atoms with Crippen LogP contribution >= 0.6 is 15.6 Å². The SMILES string of the molecule is CCCCCCCCCCCCCCCCCCCCCCCC(=O)O[C@H](COC(=O)CCCCCCCCCCCCCCCCC(C)CC)COP(=O)(O)OC[C@@H](O)COP(=O)(O)OC[C@@H](COC(=O)CCCCCCCCCCCCCC)OC(=O)CCCCCCCCCCCCCCCC. The molecule has 3 N–H and O–H groups in total. The number of rotatable bonds is 86. The highest BCUT2D eigenvalue weighted by atomic mass is 31.2. The Balaban J connectivity index is 5.24. The quantitative estimate of drug-likeness (QED) is 0.0222. The summed E-state index contributed by atoms with van der Waals surface area (Å²) in [6, 6.07) is 0. The van der Waals surface area contributed by atoms with Crippen molar-refractivity contribution in [3.8, 4) is 0 Å². The predicted octanol–water partition coefficient (Wildman–Crippen LogP) is 26.4. The Morgan fingerprint density at radius 3 is 0.676 bits per heavy atom. The maximum absolute atomic E-state index is 13.2. The monoisotopic (exact) mass is 1540 g/mol. The first-order valence-electron chi connectivity index (χ1n) is 44.7. The van der Waals surface area contributed by atoms with Crippen LogP contribution in [0.4, 0.5) is 0 Å². The molecule has 17 nitrogen and oxygen atoms in total. The molecule has 6 atom stereocenters. The van der Waals surface area contributed by atoms with E-state index >= 15 is 0 Å². The minimum Gasteiger partial charge on any atom is -0.462 e. The van der Waals surface area contributed by atoms with Gasteiger partial charge in [0.2, 0.25) is 0 Å². The van der Waals surface area contributed by atoms with Crippen molar-refractivity contribution in [3.05, 3.63) is 0 Å². The van der Waals surface area contributed by atoms with Crippen molar-refractivity contribution in [2.45, 2.75) is 483 Å². The van der Waals surface area contributed by atoms with Crippen LogP contribution in [0.3, 0.4) is 0 Å². The summed E-state index contributed by atoms with van der Waals surface area (Å²) in [5, 5.41) is 10.7. The van der Waals surface area contributed by atoms with Crippen LogP contribution in [0.5, 0.6) is 0 Å². The molecule has 0 saturated carbocycles. The number of hydrogen-bond acceptors (Lipinski definition) is 15. The average Bonchev–Trinajstić information content (AvgIpc) is 0.903. The summed E-state index contributed by atoms with van der Waals surface area (Å²) in [4.78, 5) is 73.2. The number of phosphoric acid groups is 2. The van der Waals surface area contributed by atoms with Crippen molar-refractivity contribution in [1.29, 1.82) is 0 Å². The number of hydrogen-bond donors (Lipinski definition) is 3. The molecule has 0 aromatic heterocycles. The van der Waals surface area contributed by atoms with Gasteiger partial charge in [-0.25, -0.2) is 9.13 Å². The first-order chi connectivity index (χ1) is 51.1. The molecule has 19 heteroatoms. The lowest BCUT2D eigenvalue weighted by molar-refractivity contribution is -0.161. The third-order valence-corrected chi connectivity index (χ3v) is 22.5. The Bertz CT molecular complexity index is 2000. The van der Waals surface area contributed by atoms with E-state index in [-0.39, 0.29) is 25.7 Å². The molecule has 0 aromatic carbocycles. The molecule has 0 bridgehead atoms.